The van der Waals surface area contributed by atoms with E-state index in [1.807, 2.05) is 79.7 Å². The van der Waals surface area contributed by atoms with Gasteiger partial charge in [0.2, 0.25) is 5.91 Å². The second-order valence-electron chi connectivity index (χ2n) is 9.26. The van der Waals surface area contributed by atoms with Crippen molar-refractivity contribution < 1.29 is 14.3 Å². The molecule has 0 bridgehead atoms. The number of nitrogens with zero attached hydrogens (tertiary/aromatic N) is 1. The Labute approximate surface area is 229 Å². The molecule has 196 valence electrons. The van der Waals surface area contributed by atoms with Crippen molar-refractivity contribution in [3.8, 4) is 5.75 Å². The fourth-order valence-corrected chi connectivity index (χ4v) is 4.59. The van der Waals surface area contributed by atoms with E-state index in [0.717, 1.165) is 40.4 Å². The van der Waals surface area contributed by atoms with E-state index in [2.05, 4.69) is 35.1 Å². The zero-order valence-corrected chi connectivity index (χ0v) is 23.6. The summed E-state index contributed by atoms with van der Waals surface area (Å²) >= 11 is 3.55. The van der Waals surface area contributed by atoms with Crippen molar-refractivity contribution in [2.45, 2.75) is 59.0 Å². The molecule has 6 heteroatoms. The molecule has 1 N–H and O–H groups in total. The van der Waals surface area contributed by atoms with Crippen LogP contribution in [0.1, 0.15) is 48.9 Å². The second kappa shape index (κ2) is 14.6. The molecule has 3 aromatic carbocycles. The van der Waals surface area contributed by atoms with Crippen LogP contribution in [0.5, 0.6) is 5.75 Å². The monoisotopic (exact) mass is 564 g/mol. The maximum Gasteiger partial charge on any atom is 0.261 e. The van der Waals surface area contributed by atoms with Crippen LogP contribution >= 0.6 is 15.9 Å². The minimum absolute atomic E-state index is 0.147. The van der Waals surface area contributed by atoms with E-state index in [1.165, 1.54) is 5.56 Å². The maximum absolute atomic E-state index is 13.7. The summed E-state index contributed by atoms with van der Waals surface area (Å²) in [6, 6.07) is 23.1. The van der Waals surface area contributed by atoms with Crippen molar-refractivity contribution in [2.75, 3.05) is 13.2 Å². The highest BCUT2D eigenvalue weighted by Gasteiger charge is 2.30. The zero-order valence-electron chi connectivity index (χ0n) is 22.0. The predicted molar refractivity (Wildman–Crippen MR) is 153 cm³/mol. The lowest BCUT2D eigenvalue weighted by Gasteiger charge is -2.31. The van der Waals surface area contributed by atoms with Gasteiger partial charge in [0.05, 0.1) is 4.47 Å². The molecular weight excluding hydrogens is 528 g/mol. The van der Waals surface area contributed by atoms with Crippen molar-refractivity contribution >= 4 is 27.7 Å². The third-order valence-corrected chi connectivity index (χ3v) is 6.95. The summed E-state index contributed by atoms with van der Waals surface area (Å²) in [7, 11) is 0. The van der Waals surface area contributed by atoms with Crippen molar-refractivity contribution in [1.29, 1.82) is 0 Å². The number of aryl methyl sites for hydroxylation is 2. The van der Waals surface area contributed by atoms with E-state index in [4.69, 9.17) is 4.74 Å². The highest BCUT2D eigenvalue weighted by atomic mass is 79.9. The smallest absolute Gasteiger partial charge is 0.261 e. The first-order valence-corrected chi connectivity index (χ1v) is 13.8. The summed E-state index contributed by atoms with van der Waals surface area (Å²) in [4.78, 5) is 28.8. The quantitative estimate of drug-likeness (QED) is 0.249. The molecule has 5 nitrogen and oxygen atoms in total. The molecule has 0 aromatic heterocycles. The number of carbonyl (C=O) groups is 2. The highest BCUT2D eigenvalue weighted by molar-refractivity contribution is 9.10. The summed E-state index contributed by atoms with van der Waals surface area (Å²) < 4.78 is 6.75. The Balaban J connectivity index is 1.88. The molecule has 1 unspecified atom stereocenters. The molecule has 3 rings (SSSR count). The van der Waals surface area contributed by atoms with E-state index >= 15 is 0 Å². The minimum Gasteiger partial charge on any atom is -0.483 e. The van der Waals surface area contributed by atoms with Gasteiger partial charge in [0.15, 0.2) is 6.61 Å². The molecule has 0 aliphatic rings. The van der Waals surface area contributed by atoms with Crippen LogP contribution in [0.25, 0.3) is 0 Å². The summed E-state index contributed by atoms with van der Waals surface area (Å²) in [6.45, 7) is 6.94. The Morgan fingerprint density at radius 1 is 0.946 bits per heavy atom. The fraction of sp³-hybridized carbons (Fsp3) is 0.355. The highest BCUT2D eigenvalue weighted by Crippen LogP contribution is 2.26. The van der Waals surface area contributed by atoms with Crippen LogP contribution in [0.15, 0.2) is 77.3 Å². The first kappa shape index (κ1) is 28.5. The van der Waals surface area contributed by atoms with Crippen molar-refractivity contribution in [3.63, 3.8) is 0 Å². The molecule has 0 spiro atoms. The van der Waals surface area contributed by atoms with E-state index in [-0.39, 0.29) is 18.4 Å². The van der Waals surface area contributed by atoms with Crippen molar-refractivity contribution in [2.24, 2.45) is 0 Å². The number of nitrogens with one attached hydrogen (secondary N) is 1. The molecule has 0 aliphatic heterocycles. The van der Waals surface area contributed by atoms with Gasteiger partial charge < -0.3 is 15.0 Å². The van der Waals surface area contributed by atoms with Crippen molar-refractivity contribution in [3.05, 3.63) is 99.5 Å². The third-order valence-electron chi connectivity index (χ3n) is 6.33. The van der Waals surface area contributed by atoms with Gasteiger partial charge in [-0.15, -0.1) is 0 Å². The number of hydrogen-bond donors (Lipinski definition) is 1. The molecule has 1 atom stereocenters. The Morgan fingerprint density at radius 2 is 1.65 bits per heavy atom. The zero-order chi connectivity index (χ0) is 26.6. The largest absolute Gasteiger partial charge is 0.483 e. The van der Waals surface area contributed by atoms with E-state index in [9.17, 15) is 9.59 Å². The normalized spacial score (nSPS) is 11.6. The second-order valence-corrected chi connectivity index (χ2v) is 10.1. The molecule has 0 fully saturated rings. The lowest BCUT2D eigenvalue weighted by Crippen LogP contribution is -2.51. The molecule has 0 saturated carbocycles. The van der Waals surface area contributed by atoms with E-state index in [1.54, 1.807) is 4.90 Å². The first-order chi connectivity index (χ1) is 17.9. The Morgan fingerprint density at radius 3 is 2.30 bits per heavy atom. The fourth-order valence-electron chi connectivity index (χ4n) is 4.05. The first-order valence-electron chi connectivity index (χ1n) is 13.0. The lowest BCUT2D eigenvalue weighted by atomic mass is 10.0. The molecule has 0 saturated heterocycles. The Hall–Kier alpha value is -3.12. The van der Waals surface area contributed by atoms with Crippen LogP contribution in [0.2, 0.25) is 0 Å². The van der Waals surface area contributed by atoms with Crippen LogP contribution < -0.4 is 10.1 Å². The molecule has 0 aliphatic carbocycles. The van der Waals surface area contributed by atoms with Crippen molar-refractivity contribution in [1.82, 2.24) is 10.2 Å². The van der Waals surface area contributed by atoms with Gasteiger partial charge in [-0.05, 0) is 64.5 Å². The Kier molecular flexibility index (Phi) is 11.2. The van der Waals surface area contributed by atoms with Gasteiger partial charge in [-0.25, -0.2) is 0 Å². The Bertz CT molecular complexity index is 1150. The summed E-state index contributed by atoms with van der Waals surface area (Å²) in [6.07, 6.45) is 3.21. The minimum atomic E-state index is -0.664. The molecule has 0 radical (unpaired) electrons. The topological polar surface area (TPSA) is 58.6 Å². The van der Waals surface area contributed by atoms with Gasteiger partial charge in [0.1, 0.15) is 11.8 Å². The third kappa shape index (κ3) is 8.74. The SMILES string of the molecule is CCCCNC(=O)C(Cc1ccccc1)N(Cc1ccc(C)cc1)C(=O)COc1ccc(CC)cc1Br. The molecule has 3 aromatic rings. The molecule has 0 heterocycles. The standard InChI is InChI=1S/C31H37BrN2O3/c1-4-6-18-33-31(36)28(20-25-10-8-7-9-11-25)34(21-26-14-12-23(3)13-15-26)30(35)22-37-29-17-16-24(5-2)19-27(29)32/h7-17,19,28H,4-6,18,20-22H2,1-3H3,(H,33,36). The molecule has 37 heavy (non-hydrogen) atoms. The van der Waals surface area contributed by atoms with Gasteiger partial charge in [0.25, 0.3) is 5.91 Å². The number of carbonyl (C=O) groups excluding carboxylic acids is 2. The van der Waals surface area contributed by atoms with E-state index in [0.29, 0.717) is 25.3 Å². The summed E-state index contributed by atoms with van der Waals surface area (Å²) in [5.41, 5.74) is 4.28. The average molecular weight is 566 g/mol. The van der Waals surface area contributed by atoms with Crippen LogP contribution in [-0.2, 0) is 29.0 Å². The van der Waals surface area contributed by atoms with Crippen LogP contribution in [0.3, 0.4) is 0 Å². The average Bonchev–Trinajstić information content (AvgIpc) is 2.91. The van der Waals surface area contributed by atoms with Crippen LogP contribution in [0, 0.1) is 6.92 Å². The number of rotatable bonds is 13. The predicted octanol–water partition coefficient (Wildman–Crippen LogP) is 6.26. The van der Waals surface area contributed by atoms with Gasteiger partial charge >= 0.3 is 0 Å². The summed E-state index contributed by atoms with van der Waals surface area (Å²) in [5.74, 6) is 0.220. The lowest BCUT2D eigenvalue weighted by molar-refractivity contribution is -0.142. The number of halogens is 1. The van der Waals surface area contributed by atoms with Crippen LogP contribution in [-0.4, -0.2) is 35.9 Å². The number of amides is 2. The van der Waals surface area contributed by atoms with Gasteiger partial charge in [-0.1, -0.05) is 86.5 Å². The maximum atomic E-state index is 13.7. The molecule has 2 amide bonds. The number of ether oxygens (including phenoxy) is 1. The van der Waals surface area contributed by atoms with E-state index < -0.39 is 6.04 Å². The van der Waals surface area contributed by atoms with Crippen LogP contribution in [0.4, 0.5) is 0 Å². The van der Waals surface area contributed by atoms with Gasteiger partial charge in [-0.2, -0.15) is 0 Å². The molecular formula is C31H37BrN2O3. The summed E-state index contributed by atoms with van der Waals surface area (Å²) in [5, 5.41) is 3.05. The number of benzene rings is 3. The van der Waals surface area contributed by atoms with Gasteiger partial charge in [-0.3, -0.25) is 9.59 Å². The number of unbranched alkanes of at least 4 members (excludes halogenated alkanes) is 1. The number of hydrogen-bond acceptors (Lipinski definition) is 3. The van der Waals surface area contributed by atoms with Gasteiger partial charge in [0, 0.05) is 19.5 Å².